The van der Waals surface area contributed by atoms with Crippen molar-refractivity contribution in [2.45, 2.75) is 38.8 Å². The lowest BCUT2D eigenvalue weighted by Gasteiger charge is -2.21. The van der Waals surface area contributed by atoms with E-state index in [-0.39, 0.29) is 18.0 Å². The van der Waals surface area contributed by atoms with Gasteiger partial charge in [0.05, 0.1) is 23.4 Å². The van der Waals surface area contributed by atoms with E-state index in [0.717, 1.165) is 34.4 Å². The summed E-state index contributed by atoms with van der Waals surface area (Å²) >= 11 is 4.68. The summed E-state index contributed by atoms with van der Waals surface area (Å²) in [6.07, 6.45) is 4.30. The Hall–Kier alpha value is -2.29. The third-order valence-electron chi connectivity index (χ3n) is 5.16. The molecule has 1 aliphatic rings. The third kappa shape index (κ3) is 3.68. The summed E-state index contributed by atoms with van der Waals surface area (Å²) in [5.74, 6) is 0.504. The number of aromatic nitrogens is 2. The number of nitrogens with zero attached hydrogens (tertiary/aromatic N) is 2. The highest BCUT2D eigenvalue weighted by Crippen LogP contribution is 2.33. The number of carbonyl (C=O) groups is 1. The third-order valence-corrected chi connectivity index (χ3v) is 8.07. The molecule has 0 atom stereocenters. The Labute approximate surface area is 179 Å². The van der Waals surface area contributed by atoms with Crippen molar-refractivity contribution in [2.75, 3.05) is 0 Å². The lowest BCUT2D eigenvalue weighted by atomic mass is 9.97. The minimum atomic E-state index is -0.0796. The summed E-state index contributed by atoms with van der Waals surface area (Å²) in [7, 11) is 0. The van der Waals surface area contributed by atoms with Gasteiger partial charge in [-0.3, -0.25) is 9.59 Å². The first-order valence-electron chi connectivity index (χ1n) is 9.57. The largest absolute Gasteiger partial charge is 0.325 e. The molecule has 148 valence electrons. The van der Waals surface area contributed by atoms with E-state index in [1.807, 2.05) is 35.0 Å². The van der Waals surface area contributed by atoms with Gasteiger partial charge in [0, 0.05) is 9.75 Å². The molecule has 0 unspecified atom stereocenters. The van der Waals surface area contributed by atoms with E-state index < -0.39 is 0 Å². The van der Waals surface area contributed by atoms with Crippen LogP contribution in [0, 0.1) is 0 Å². The molecule has 5 nitrogen and oxygen atoms in total. The van der Waals surface area contributed by atoms with Crippen molar-refractivity contribution in [1.29, 1.82) is 0 Å². The number of aromatic amines is 1. The Morgan fingerprint density at radius 1 is 1.10 bits per heavy atom. The smallest absolute Gasteiger partial charge is 0.264 e. The predicted molar refractivity (Wildman–Crippen MR) is 119 cm³/mol. The normalized spacial score (nSPS) is 13.5. The monoisotopic (exact) mass is 441 g/mol. The Bertz CT molecular complexity index is 1210. The number of thiophene rings is 3. The van der Waals surface area contributed by atoms with Crippen molar-refractivity contribution in [1.82, 2.24) is 14.9 Å². The standard InChI is InChI=1S/C21H19N3O2S3/c25-19-18-14-6-1-2-7-15(14)29-20(18)23-17(22-19)12-24(11-13-5-3-9-27-13)21(26)16-8-4-10-28-16/h3-5,8-10H,1-2,6-7,11-12H2,(H,22,23,25). The van der Waals surface area contributed by atoms with E-state index in [9.17, 15) is 9.59 Å². The van der Waals surface area contributed by atoms with Gasteiger partial charge >= 0.3 is 0 Å². The molecule has 0 spiro atoms. The average molecular weight is 442 g/mol. The van der Waals surface area contributed by atoms with Gasteiger partial charge in [0.25, 0.3) is 11.5 Å². The quantitative estimate of drug-likeness (QED) is 0.482. The molecule has 0 saturated heterocycles. The molecule has 1 amide bonds. The number of rotatable bonds is 5. The van der Waals surface area contributed by atoms with Gasteiger partial charge in [-0.2, -0.15) is 0 Å². The summed E-state index contributed by atoms with van der Waals surface area (Å²) < 4.78 is 0. The molecule has 0 saturated carbocycles. The molecule has 0 radical (unpaired) electrons. The number of fused-ring (bicyclic) bond motifs is 3. The molecule has 5 rings (SSSR count). The first kappa shape index (κ1) is 18.7. The maximum Gasteiger partial charge on any atom is 0.264 e. The van der Waals surface area contributed by atoms with Crippen LogP contribution in [0.2, 0.25) is 0 Å². The molecular formula is C21H19N3O2S3. The number of hydrogen-bond acceptors (Lipinski definition) is 6. The van der Waals surface area contributed by atoms with Gasteiger partial charge in [-0.15, -0.1) is 34.0 Å². The Kier molecular flexibility index (Phi) is 5.07. The van der Waals surface area contributed by atoms with Crippen LogP contribution in [0.1, 0.15) is 43.7 Å². The Balaban J connectivity index is 1.50. The Morgan fingerprint density at radius 2 is 1.93 bits per heavy atom. The predicted octanol–water partition coefficient (Wildman–Crippen LogP) is 4.83. The zero-order valence-electron chi connectivity index (χ0n) is 15.6. The summed E-state index contributed by atoms with van der Waals surface area (Å²) in [6, 6.07) is 7.72. The van der Waals surface area contributed by atoms with Crippen LogP contribution in [0.5, 0.6) is 0 Å². The van der Waals surface area contributed by atoms with Crippen molar-refractivity contribution >= 4 is 50.1 Å². The number of H-pyrrole nitrogens is 1. The minimum absolute atomic E-state index is 0.0402. The maximum absolute atomic E-state index is 13.1. The molecule has 8 heteroatoms. The molecular weight excluding hydrogens is 422 g/mol. The van der Waals surface area contributed by atoms with Gasteiger partial charge < -0.3 is 9.88 Å². The van der Waals surface area contributed by atoms with Crippen LogP contribution in [0.25, 0.3) is 10.2 Å². The van der Waals surface area contributed by atoms with E-state index in [1.165, 1.54) is 28.2 Å². The van der Waals surface area contributed by atoms with Gasteiger partial charge in [0.1, 0.15) is 10.7 Å². The molecule has 4 aromatic rings. The molecule has 29 heavy (non-hydrogen) atoms. The first-order valence-corrected chi connectivity index (χ1v) is 12.2. The zero-order valence-corrected chi connectivity index (χ0v) is 18.1. The maximum atomic E-state index is 13.1. The molecule has 1 N–H and O–H groups in total. The number of aryl methyl sites for hydroxylation is 2. The van der Waals surface area contributed by atoms with Crippen molar-refractivity contribution in [3.05, 3.63) is 71.4 Å². The van der Waals surface area contributed by atoms with Crippen molar-refractivity contribution in [3.63, 3.8) is 0 Å². The average Bonchev–Trinajstić information content (AvgIpc) is 3.47. The first-order chi connectivity index (χ1) is 14.2. The molecule has 0 aliphatic heterocycles. The van der Waals surface area contributed by atoms with Gasteiger partial charge in [-0.1, -0.05) is 12.1 Å². The lowest BCUT2D eigenvalue weighted by Crippen LogP contribution is -2.31. The van der Waals surface area contributed by atoms with Gasteiger partial charge in [0.2, 0.25) is 0 Å². The molecule has 0 aromatic carbocycles. The van der Waals surface area contributed by atoms with Crippen LogP contribution >= 0.6 is 34.0 Å². The number of carbonyl (C=O) groups excluding carboxylic acids is 1. The summed E-state index contributed by atoms with van der Waals surface area (Å²) in [5, 5.41) is 4.66. The van der Waals surface area contributed by atoms with Crippen molar-refractivity contribution in [2.24, 2.45) is 0 Å². The van der Waals surface area contributed by atoms with E-state index >= 15 is 0 Å². The Morgan fingerprint density at radius 3 is 2.72 bits per heavy atom. The van der Waals surface area contributed by atoms with Crippen LogP contribution in [-0.4, -0.2) is 20.8 Å². The highest BCUT2D eigenvalue weighted by atomic mass is 32.1. The lowest BCUT2D eigenvalue weighted by molar-refractivity contribution is 0.0732. The minimum Gasteiger partial charge on any atom is -0.325 e. The second-order valence-corrected chi connectivity index (χ2v) is 10.2. The highest BCUT2D eigenvalue weighted by Gasteiger charge is 2.22. The molecule has 0 fully saturated rings. The van der Waals surface area contributed by atoms with Crippen LogP contribution in [0.15, 0.2) is 39.8 Å². The van der Waals surface area contributed by atoms with Gasteiger partial charge in [0.15, 0.2) is 0 Å². The molecule has 1 aliphatic carbocycles. The fourth-order valence-electron chi connectivity index (χ4n) is 3.81. The zero-order chi connectivity index (χ0) is 19.8. The SMILES string of the molecule is O=C(c1cccs1)N(Cc1nc2sc3c(c2c(=O)[nH]1)CCCC3)Cc1cccs1. The van der Waals surface area contributed by atoms with Gasteiger partial charge in [-0.05, 0) is 54.1 Å². The second-order valence-electron chi connectivity index (χ2n) is 7.12. The van der Waals surface area contributed by atoms with Crippen LogP contribution < -0.4 is 5.56 Å². The fraction of sp³-hybridized carbons (Fsp3) is 0.286. The van der Waals surface area contributed by atoms with E-state index in [4.69, 9.17) is 4.98 Å². The fourth-order valence-corrected chi connectivity index (χ4v) is 6.50. The summed E-state index contributed by atoms with van der Waals surface area (Å²) in [4.78, 5) is 39.3. The van der Waals surface area contributed by atoms with Crippen LogP contribution in [-0.2, 0) is 25.9 Å². The second kappa shape index (κ2) is 7.85. The highest BCUT2D eigenvalue weighted by molar-refractivity contribution is 7.18. The molecule has 4 heterocycles. The topological polar surface area (TPSA) is 66.1 Å². The summed E-state index contributed by atoms with van der Waals surface area (Å²) in [5.41, 5.74) is 1.10. The van der Waals surface area contributed by atoms with E-state index in [1.54, 1.807) is 27.6 Å². The number of hydrogen-bond donors (Lipinski definition) is 1. The number of amides is 1. The van der Waals surface area contributed by atoms with E-state index in [2.05, 4.69) is 4.98 Å². The molecule has 4 aromatic heterocycles. The van der Waals surface area contributed by atoms with Crippen molar-refractivity contribution < 1.29 is 4.79 Å². The van der Waals surface area contributed by atoms with Crippen LogP contribution in [0.4, 0.5) is 0 Å². The number of nitrogens with one attached hydrogen (secondary N) is 1. The van der Waals surface area contributed by atoms with Crippen LogP contribution in [0.3, 0.4) is 0 Å². The van der Waals surface area contributed by atoms with E-state index in [0.29, 0.717) is 17.2 Å². The molecule has 0 bridgehead atoms. The van der Waals surface area contributed by atoms with Crippen molar-refractivity contribution in [3.8, 4) is 0 Å². The van der Waals surface area contributed by atoms with Gasteiger partial charge in [-0.25, -0.2) is 4.98 Å². The summed E-state index contributed by atoms with van der Waals surface area (Å²) in [6.45, 7) is 0.777.